The Morgan fingerprint density at radius 2 is 2.12 bits per heavy atom. The molecule has 0 unspecified atom stereocenters. The molecule has 90 valence electrons. The van der Waals surface area contributed by atoms with E-state index >= 15 is 0 Å². The van der Waals surface area contributed by atoms with Crippen LogP contribution in [-0.4, -0.2) is 27.0 Å². The molecular formula is C10H16N2O2S2. The molecule has 0 saturated heterocycles. The Morgan fingerprint density at radius 3 is 2.75 bits per heavy atom. The summed E-state index contributed by atoms with van der Waals surface area (Å²) in [5, 5.41) is 0. The second-order valence-electron chi connectivity index (χ2n) is 3.36. The van der Waals surface area contributed by atoms with Gasteiger partial charge < -0.3 is 5.73 Å². The average molecular weight is 260 g/mol. The molecular weight excluding hydrogens is 244 g/mol. The molecule has 0 bridgehead atoms. The van der Waals surface area contributed by atoms with Gasteiger partial charge in [0.25, 0.3) is 0 Å². The molecule has 0 amide bonds. The van der Waals surface area contributed by atoms with E-state index in [1.807, 2.05) is 6.26 Å². The molecule has 1 rings (SSSR count). The Morgan fingerprint density at radius 1 is 1.44 bits per heavy atom. The summed E-state index contributed by atoms with van der Waals surface area (Å²) in [7, 11) is -3.43. The average Bonchev–Trinajstić information content (AvgIpc) is 2.22. The van der Waals surface area contributed by atoms with Crippen LogP contribution in [0.15, 0.2) is 23.1 Å². The van der Waals surface area contributed by atoms with Crippen molar-refractivity contribution in [2.45, 2.75) is 11.8 Å². The topological polar surface area (TPSA) is 72.2 Å². The fraction of sp³-hybridized carbons (Fsp3) is 0.400. The Labute approximate surface area is 101 Å². The molecule has 0 saturated carbocycles. The largest absolute Gasteiger partial charge is 0.398 e. The number of hydrogen-bond acceptors (Lipinski definition) is 4. The zero-order chi connectivity index (χ0) is 12.2. The maximum atomic E-state index is 11.9. The fourth-order valence-corrected chi connectivity index (χ4v) is 3.02. The molecule has 0 heterocycles. The SMILES string of the molecule is CSCCNS(=O)(=O)c1cccc(N)c1C. The van der Waals surface area contributed by atoms with Crippen molar-refractivity contribution in [2.75, 3.05) is 24.3 Å². The molecule has 3 N–H and O–H groups in total. The molecule has 0 spiro atoms. The van der Waals surface area contributed by atoms with Gasteiger partial charge in [-0.2, -0.15) is 11.8 Å². The maximum absolute atomic E-state index is 11.9. The molecule has 0 aliphatic rings. The third-order valence-electron chi connectivity index (χ3n) is 2.21. The summed E-state index contributed by atoms with van der Waals surface area (Å²) in [6, 6.07) is 4.90. The molecule has 0 radical (unpaired) electrons. The van der Waals surface area contributed by atoms with Gasteiger partial charge in [-0.3, -0.25) is 0 Å². The van der Waals surface area contributed by atoms with Gasteiger partial charge in [-0.25, -0.2) is 13.1 Å². The van der Waals surface area contributed by atoms with Gasteiger partial charge in [-0.15, -0.1) is 0 Å². The van der Waals surface area contributed by atoms with E-state index in [0.29, 0.717) is 17.8 Å². The van der Waals surface area contributed by atoms with Gasteiger partial charge in [-0.1, -0.05) is 6.07 Å². The minimum atomic E-state index is -3.43. The zero-order valence-corrected chi connectivity index (χ0v) is 11.0. The first-order valence-corrected chi connectivity index (χ1v) is 7.70. The molecule has 0 atom stereocenters. The minimum absolute atomic E-state index is 0.258. The number of thioether (sulfide) groups is 1. The Balaban J connectivity index is 2.94. The van der Waals surface area contributed by atoms with Gasteiger partial charge in [0.2, 0.25) is 10.0 Å². The van der Waals surface area contributed by atoms with Gasteiger partial charge >= 0.3 is 0 Å². The third-order valence-corrected chi connectivity index (χ3v) is 4.43. The summed E-state index contributed by atoms with van der Waals surface area (Å²) in [6.45, 7) is 2.14. The number of nitrogens with two attached hydrogens (primary N) is 1. The number of hydrogen-bond donors (Lipinski definition) is 2. The Kier molecular flexibility index (Phi) is 4.64. The lowest BCUT2D eigenvalue weighted by molar-refractivity contribution is 0.583. The summed E-state index contributed by atoms with van der Waals surface area (Å²) in [4.78, 5) is 0.258. The molecule has 1 aromatic rings. The van der Waals surface area contributed by atoms with E-state index in [0.717, 1.165) is 5.75 Å². The van der Waals surface area contributed by atoms with Gasteiger partial charge in [0, 0.05) is 18.0 Å². The number of rotatable bonds is 5. The van der Waals surface area contributed by atoms with Crippen molar-refractivity contribution in [3.63, 3.8) is 0 Å². The number of nitrogens with one attached hydrogen (secondary N) is 1. The van der Waals surface area contributed by atoms with Crippen molar-refractivity contribution < 1.29 is 8.42 Å². The van der Waals surface area contributed by atoms with Crippen molar-refractivity contribution >= 4 is 27.5 Å². The molecule has 0 fully saturated rings. The molecule has 1 aromatic carbocycles. The van der Waals surface area contributed by atoms with Crippen LogP contribution in [0.5, 0.6) is 0 Å². The van der Waals surface area contributed by atoms with Crippen molar-refractivity contribution in [1.29, 1.82) is 0 Å². The lowest BCUT2D eigenvalue weighted by Crippen LogP contribution is -2.26. The predicted molar refractivity (Wildman–Crippen MR) is 69.2 cm³/mol. The molecule has 6 heteroatoms. The smallest absolute Gasteiger partial charge is 0.240 e. The standard InChI is InChI=1S/C10H16N2O2S2/c1-8-9(11)4-3-5-10(8)16(13,14)12-6-7-15-2/h3-5,12H,6-7,11H2,1-2H3. The van der Waals surface area contributed by atoms with Crippen LogP contribution in [0.2, 0.25) is 0 Å². The lowest BCUT2D eigenvalue weighted by atomic mass is 10.2. The lowest BCUT2D eigenvalue weighted by Gasteiger charge is -2.10. The monoisotopic (exact) mass is 260 g/mol. The highest BCUT2D eigenvalue weighted by atomic mass is 32.2. The van der Waals surface area contributed by atoms with Crippen molar-refractivity contribution in [1.82, 2.24) is 4.72 Å². The van der Waals surface area contributed by atoms with Crippen LogP contribution in [0.3, 0.4) is 0 Å². The summed E-state index contributed by atoms with van der Waals surface area (Å²) < 4.78 is 26.3. The first-order chi connectivity index (χ1) is 7.49. The van der Waals surface area contributed by atoms with Gasteiger partial charge in [0.15, 0.2) is 0 Å². The minimum Gasteiger partial charge on any atom is -0.398 e. The highest BCUT2D eigenvalue weighted by Crippen LogP contribution is 2.19. The van der Waals surface area contributed by atoms with Crippen LogP contribution in [-0.2, 0) is 10.0 Å². The predicted octanol–water partition coefficient (Wildman–Crippen LogP) is 1.22. The molecule has 4 nitrogen and oxygen atoms in total. The number of sulfonamides is 1. The van der Waals surface area contributed by atoms with Gasteiger partial charge in [0.05, 0.1) is 4.90 Å². The maximum Gasteiger partial charge on any atom is 0.240 e. The highest BCUT2D eigenvalue weighted by Gasteiger charge is 2.16. The van der Waals surface area contributed by atoms with Gasteiger partial charge in [-0.05, 0) is 30.9 Å². The van der Waals surface area contributed by atoms with Crippen molar-refractivity contribution in [2.24, 2.45) is 0 Å². The third kappa shape index (κ3) is 3.13. The van der Waals surface area contributed by atoms with Gasteiger partial charge in [0.1, 0.15) is 0 Å². The molecule has 0 aliphatic heterocycles. The van der Waals surface area contributed by atoms with E-state index in [1.54, 1.807) is 36.9 Å². The number of nitrogen functional groups attached to an aromatic ring is 1. The van der Waals surface area contributed by atoms with Crippen LogP contribution >= 0.6 is 11.8 Å². The molecule has 0 aliphatic carbocycles. The number of anilines is 1. The van der Waals surface area contributed by atoms with Crippen LogP contribution in [0.4, 0.5) is 5.69 Å². The van der Waals surface area contributed by atoms with E-state index in [1.165, 1.54) is 0 Å². The summed E-state index contributed by atoms with van der Waals surface area (Å²) in [5.74, 6) is 0.751. The summed E-state index contributed by atoms with van der Waals surface area (Å²) in [5.41, 5.74) is 6.77. The van der Waals surface area contributed by atoms with Crippen LogP contribution in [0.25, 0.3) is 0 Å². The van der Waals surface area contributed by atoms with E-state index in [-0.39, 0.29) is 4.90 Å². The summed E-state index contributed by atoms with van der Waals surface area (Å²) in [6.07, 6.45) is 1.93. The second kappa shape index (κ2) is 5.56. The molecule has 0 aromatic heterocycles. The second-order valence-corrected chi connectivity index (χ2v) is 6.08. The summed E-state index contributed by atoms with van der Waals surface area (Å²) >= 11 is 1.59. The normalized spacial score (nSPS) is 11.6. The quantitative estimate of drug-likeness (QED) is 0.617. The van der Waals surface area contributed by atoms with Crippen LogP contribution in [0.1, 0.15) is 5.56 Å². The van der Waals surface area contributed by atoms with Crippen LogP contribution < -0.4 is 10.5 Å². The fourth-order valence-electron chi connectivity index (χ4n) is 1.28. The van der Waals surface area contributed by atoms with E-state index in [9.17, 15) is 8.42 Å². The first kappa shape index (κ1) is 13.3. The van der Waals surface area contributed by atoms with Crippen LogP contribution in [0, 0.1) is 6.92 Å². The van der Waals surface area contributed by atoms with E-state index < -0.39 is 10.0 Å². The van der Waals surface area contributed by atoms with Crippen molar-refractivity contribution in [3.8, 4) is 0 Å². The number of benzene rings is 1. The zero-order valence-electron chi connectivity index (χ0n) is 9.36. The van der Waals surface area contributed by atoms with Crippen molar-refractivity contribution in [3.05, 3.63) is 23.8 Å². The molecule has 16 heavy (non-hydrogen) atoms. The first-order valence-electron chi connectivity index (χ1n) is 4.82. The van der Waals surface area contributed by atoms with E-state index in [4.69, 9.17) is 5.73 Å². The highest BCUT2D eigenvalue weighted by molar-refractivity contribution is 7.98. The van der Waals surface area contributed by atoms with E-state index in [2.05, 4.69) is 4.72 Å². The Hall–Kier alpha value is -0.720. The Bertz CT molecular complexity index is 458.